The summed E-state index contributed by atoms with van der Waals surface area (Å²) >= 11 is 2.01. The van der Waals surface area contributed by atoms with Crippen LogP contribution in [0.2, 0.25) is 0 Å². The number of aromatic nitrogens is 2. The normalized spacial score (nSPS) is 13.2. The standard InChI is InChI=1S/C16H25N3S/c1-5-17-13(11-20-12(2)3)10-16-18-14-8-6-7-9-15(14)19(16)4/h6-9,12-13,17H,5,10-11H2,1-4H3. The molecule has 0 radical (unpaired) electrons. The lowest BCUT2D eigenvalue weighted by atomic mass is 10.2. The van der Waals surface area contributed by atoms with E-state index >= 15 is 0 Å². The molecule has 1 aromatic carbocycles. The van der Waals surface area contributed by atoms with Crippen LogP contribution >= 0.6 is 11.8 Å². The molecule has 0 aliphatic rings. The molecular formula is C16H25N3S. The fourth-order valence-electron chi connectivity index (χ4n) is 2.39. The SMILES string of the molecule is CCNC(CSC(C)C)Cc1nc2ccccc2n1C. The van der Waals surface area contributed by atoms with Gasteiger partial charge in [-0.05, 0) is 23.9 Å². The van der Waals surface area contributed by atoms with E-state index in [4.69, 9.17) is 4.98 Å². The molecule has 2 rings (SSSR count). The molecule has 0 aliphatic heterocycles. The number of benzene rings is 1. The van der Waals surface area contributed by atoms with Gasteiger partial charge in [-0.2, -0.15) is 11.8 Å². The fourth-order valence-corrected chi connectivity index (χ4v) is 3.24. The van der Waals surface area contributed by atoms with Crippen LogP contribution in [0, 0.1) is 0 Å². The molecule has 0 amide bonds. The summed E-state index contributed by atoms with van der Waals surface area (Å²) in [6, 6.07) is 8.84. The van der Waals surface area contributed by atoms with Crippen molar-refractivity contribution in [3.05, 3.63) is 30.1 Å². The Morgan fingerprint density at radius 1 is 1.30 bits per heavy atom. The first-order chi connectivity index (χ1) is 9.61. The van der Waals surface area contributed by atoms with Crippen molar-refractivity contribution in [3.8, 4) is 0 Å². The van der Waals surface area contributed by atoms with Crippen LogP contribution in [0.3, 0.4) is 0 Å². The first-order valence-electron chi connectivity index (χ1n) is 7.37. The van der Waals surface area contributed by atoms with E-state index < -0.39 is 0 Å². The van der Waals surface area contributed by atoms with Gasteiger partial charge in [0.1, 0.15) is 5.82 Å². The second-order valence-electron chi connectivity index (χ2n) is 5.42. The van der Waals surface area contributed by atoms with Gasteiger partial charge >= 0.3 is 0 Å². The summed E-state index contributed by atoms with van der Waals surface area (Å²) in [6.07, 6.45) is 0.985. The third-order valence-electron chi connectivity index (χ3n) is 3.43. The van der Waals surface area contributed by atoms with Crippen molar-refractivity contribution in [2.45, 2.75) is 38.5 Å². The van der Waals surface area contributed by atoms with Gasteiger partial charge in [0.05, 0.1) is 11.0 Å². The zero-order valence-corrected chi connectivity index (χ0v) is 13.7. The Balaban J connectivity index is 2.13. The molecule has 1 heterocycles. The van der Waals surface area contributed by atoms with E-state index in [2.05, 4.69) is 62.0 Å². The summed E-state index contributed by atoms with van der Waals surface area (Å²) in [7, 11) is 2.11. The van der Waals surface area contributed by atoms with Gasteiger partial charge in [0.15, 0.2) is 0 Å². The quantitative estimate of drug-likeness (QED) is 0.849. The van der Waals surface area contributed by atoms with Crippen LogP contribution in [0.15, 0.2) is 24.3 Å². The minimum atomic E-state index is 0.489. The first-order valence-corrected chi connectivity index (χ1v) is 8.42. The molecule has 0 aliphatic carbocycles. The molecule has 3 nitrogen and oxygen atoms in total. The summed E-state index contributed by atoms with van der Waals surface area (Å²) in [5.41, 5.74) is 2.31. The lowest BCUT2D eigenvalue weighted by Crippen LogP contribution is -2.34. The second-order valence-corrected chi connectivity index (χ2v) is 7.03. The molecule has 1 N–H and O–H groups in total. The van der Waals surface area contributed by atoms with Crippen molar-refractivity contribution in [2.75, 3.05) is 12.3 Å². The zero-order valence-electron chi connectivity index (χ0n) is 12.9. The van der Waals surface area contributed by atoms with Crippen molar-refractivity contribution >= 4 is 22.8 Å². The maximum absolute atomic E-state index is 4.78. The van der Waals surface area contributed by atoms with Gasteiger partial charge in [0, 0.05) is 25.3 Å². The predicted octanol–water partition coefficient (Wildman–Crippen LogP) is 3.24. The minimum absolute atomic E-state index is 0.489. The number of rotatable bonds is 7. The number of aryl methyl sites for hydroxylation is 1. The summed E-state index contributed by atoms with van der Waals surface area (Å²) in [5.74, 6) is 2.30. The van der Waals surface area contributed by atoms with Gasteiger partial charge in [-0.25, -0.2) is 4.98 Å². The predicted molar refractivity (Wildman–Crippen MR) is 89.5 cm³/mol. The van der Waals surface area contributed by atoms with E-state index in [1.54, 1.807) is 0 Å². The van der Waals surface area contributed by atoms with Crippen LogP contribution in [0.25, 0.3) is 11.0 Å². The number of hydrogen-bond acceptors (Lipinski definition) is 3. The Labute approximate surface area is 126 Å². The third kappa shape index (κ3) is 3.76. The highest BCUT2D eigenvalue weighted by molar-refractivity contribution is 7.99. The maximum Gasteiger partial charge on any atom is 0.111 e. The Morgan fingerprint density at radius 2 is 2.05 bits per heavy atom. The summed E-state index contributed by atoms with van der Waals surface area (Å²) in [5, 5.41) is 4.26. The topological polar surface area (TPSA) is 29.9 Å². The summed E-state index contributed by atoms with van der Waals surface area (Å²) < 4.78 is 2.22. The molecule has 0 saturated heterocycles. The Hall–Kier alpha value is -1.00. The van der Waals surface area contributed by atoms with Crippen molar-refractivity contribution in [3.63, 3.8) is 0 Å². The van der Waals surface area contributed by atoms with E-state index in [9.17, 15) is 0 Å². The average molecular weight is 291 g/mol. The molecule has 1 aromatic heterocycles. The van der Waals surface area contributed by atoms with Gasteiger partial charge in [-0.15, -0.1) is 0 Å². The number of thioether (sulfide) groups is 1. The monoisotopic (exact) mass is 291 g/mol. The molecule has 1 unspecified atom stereocenters. The average Bonchev–Trinajstić information content (AvgIpc) is 2.74. The number of fused-ring (bicyclic) bond motifs is 1. The first kappa shape index (κ1) is 15.4. The Kier molecular flexibility index (Phi) is 5.49. The molecule has 1 atom stereocenters. The molecular weight excluding hydrogens is 266 g/mol. The van der Waals surface area contributed by atoms with E-state index in [-0.39, 0.29) is 0 Å². The largest absolute Gasteiger partial charge is 0.331 e. The highest BCUT2D eigenvalue weighted by Crippen LogP contribution is 2.17. The molecule has 0 saturated carbocycles. The minimum Gasteiger partial charge on any atom is -0.331 e. The van der Waals surface area contributed by atoms with E-state index in [1.807, 2.05) is 11.8 Å². The second kappa shape index (κ2) is 7.14. The fraction of sp³-hybridized carbons (Fsp3) is 0.562. The van der Waals surface area contributed by atoms with Crippen molar-refractivity contribution in [1.29, 1.82) is 0 Å². The van der Waals surface area contributed by atoms with Gasteiger partial charge in [0.2, 0.25) is 0 Å². The zero-order chi connectivity index (χ0) is 14.5. The Morgan fingerprint density at radius 3 is 2.70 bits per heavy atom. The van der Waals surface area contributed by atoms with Crippen LogP contribution in [-0.2, 0) is 13.5 Å². The molecule has 2 aromatic rings. The number of para-hydroxylation sites is 2. The van der Waals surface area contributed by atoms with Crippen molar-refractivity contribution < 1.29 is 0 Å². The van der Waals surface area contributed by atoms with Crippen molar-refractivity contribution in [2.24, 2.45) is 7.05 Å². The molecule has 0 fully saturated rings. The lowest BCUT2D eigenvalue weighted by molar-refractivity contribution is 0.551. The lowest BCUT2D eigenvalue weighted by Gasteiger charge is -2.18. The summed E-state index contributed by atoms with van der Waals surface area (Å²) in [6.45, 7) is 7.68. The van der Waals surface area contributed by atoms with Gasteiger partial charge in [0.25, 0.3) is 0 Å². The summed E-state index contributed by atoms with van der Waals surface area (Å²) in [4.78, 5) is 4.78. The van der Waals surface area contributed by atoms with Crippen molar-refractivity contribution in [1.82, 2.24) is 14.9 Å². The maximum atomic E-state index is 4.78. The number of imidazole rings is 1. The third-order valence-corrected chi connectivity index (χ3v) is 4.69. The van der Waals surface area contributed by atoms with Crippen LogP contribution in [0.1, 0.15) is 26.6 Å². The number of nitrogens with zero attached hydrogens (tertiary/aromatic N) is 2. The number of likely N-dealkylation sites (N-methyl/N-ethyl adjacent to an activating group) is 1. The van der Waals surface area contributed by atoms with Gasteiger partial charge in [-0.3, -0.25) is 0 Å². The van der Waals surface area contributed by atoms with Crippen LogP contribution in [0.4, 0.5) is 0 Å². The van der Waals surface area contributed by atoms with Crippen LogP contribution in [0.5, 0.6) is 0 Å². The molecule has 0 bridgehead atoms. The Bertz CT molecular complexity index is 548. The smallest absolute Gasteiger partial charge is 0.111 e. The highest BCUT2D eigenvalue weighted by Gasteiger charge is 2.14. The highest BCUT2D eigenvalue weighted by atomic mass is 32.2. The van der Waals surface area contributed by atoms with Crippen LogP contribution < -0.4 is 5.32 Å². The molecule has 110 valence electrons. The van der Waals surface area contributed by atoms with Gasteiger partial charge < -0.3 is 9.88 Å². The van der Waals surface area contributed by atoms with Crippen LogP contribution in [-0.4, -0.2) is 33.1 Å². The molecule has 4 heteroatoms. The van der Waals surface area contributed by atoms with E-state index in [0.29, 0.717) is 11.3 Å². The number of nitrogens with one attached hydrogen (secondary N) is 1. The van der Waals surface area contributed by atoms with Gasteiger partial charge in [-0.1, -0.05) is 32.9 Å². The number of hydrogen-bond donors (Lipinski definition) is 1. The van der Waals surface area contributed by atoms with E-state index in [0.717, 1.165) is 24.2 Å². The molecule has 0 spiro atoms. The molecule has 20 heavy (non-hydrogen) atoms. The van der Waals surface area contributed by atoms with E-state index in [1.165, 1.54) is 11.3 Å².